The maximum Gasteiger partial charge on any atom is 0.254 e. The number of hydrogen-bond acceptors (Lipinski definition) is 3. The van der Waals surface area contributed by atoms with Crippen molar-refractivity contribution in [3.63, 3.8) is 0 Å². The van der Waals surface area contributed by atoms with Crippen molar-refractivity contribution in [3.8, 4) is 5.75 Å². The molecule has 0 aliphatic carbocycles. The lowest BCUT2D eigenvalue weighted by Gasteiger charge is -2.32. The van der Waals surface area contributed by atoms with Gasteiger partial charge in [0.2, 0.25) is 5.91 Å². The number of ether oxygens (including phenoxy) is 1. The second-order valence-electron chi connectivity index (χ2n) is 7.27. The molecule has 1 saturated heterocycles. The van der Waals surface area contributed by atoms with E-state index in [4.69, 9.17) is 4.74 Å². The molecule has 1 aromatic carbocycles. The molecule has 2 aromatic rings. The van der Waals surface area contributed by atoms with Crippen LogP contribution in [0.25, 0.3) is 0 Å². The highest BCUT2D eigenvalue weighted by molar-refractivity contribution is 5.76. The third-order valence-electron chi connectivity index (χ3n) is 5.27. The molecule has 1 fully saturated rings. The van der Waals surface area contributed by atoms with Crippen LogP contribution in [0.1, 0.15) is 36.9 Å². The summed E-state index contributed by atoms with van der Waals surface area (Å²) >= 11 is 0. The predicted molar refractivity (Wildman–Crippen MR) is 106 cm³/mol. The van der Waals surface area contributed by atoms with E-state index in [2.05, 4.69) is 12.1 Å². The highest BCUT2D eigenvalue weighted by atomic mass is 16.5. The maximum absolute atomic E-state index is 12.4. The molecule has 1 amide bonds. The molecule has 5 heteroatoms. The lowest BCUT2D eigenvalue weighted by molar-refractivity contribution is -0.133. The van der Waals surface area contributed by atoms with E-state index in [1.807, 2.05) is 36.1 Å². The van der Waals surface area contributed by atoms with Crippen molar-refractivity contribution >= 4 is 5.91 Å². The number of nitrogens with zero attached hydrogens (tertiary/aromatic N) is 2. The Morgan fingerprint density at radius 2 is 1.85 bits per heavy atom. The van der Waals surface area contributed by atoms with E-state index < -0.39 is 0 Å². The van der Waals surface area contributed by atoms with Crippen LogP contribution in [0.2, 0.25) is 0 Å². The zero-order valence-electron chi connectivity index (χ0n) is 16.2. The molecule has 2 heterocycles. The van der Waals surface area contributed by atoms with Gasteiger partial charge in [0.1, 0.15) is 11.9 Å². The number of hydrogen-bond donors (Lipinski definition) is 0. The van der Waals surface area contributed by atoms with Gasteiger partial charge in [-0.3, -0.25) is 9.59 Å². The van der Waals surface area contributed by atoms with Crippen LogP contribution < -0.4 is 10.3 Å². The van der Waals surface area contributed by atoms with E-state index in [-0.39, 0.29) is 17.6 Å². The van der Waals surface area contributed by atoms with Gasteiger partial charge in [0.05, 0.1) is 0 Å². The number of carbonyl (C=O) groups is 1. The molecule has 144 valence electrons. The third-order valence-corrected chi connectivity index (χ3v) is 5.27. The van der Waals surface area contributed by atoms with Gasteiger partial charge in [-0.05, 0) is 31.4 Å². The summed E-state index contributed by atoms with van der Waals surface area (Å²) in [6.07, 6.45) is 4.08. The molecule has 0 N–H and O–H groups in total. The average molecular weight is 368 g/mol. The number of pyridine rings is 1. The highest BCUT2D eigenvalue weighted by Gasteiger charge is 2.23. The minimum absolute atomic E-state index is 0.0592. The van der Waals surface area contributed by atoms with E-state index in [9.17, 15) is 9.59 Å². The molecule has 5 nitrogen and oxygen atoms in total. The summed E-state index contributed by atoms with van der Waals surface area (Å²) in [6.45, 7) is 3.34. The van der Waals surface area contributed by atoms with Gasteiger partial charge in [-0.2, -0.15) is 0 Å². The van der Waals surface area contributed by atoms with Crippen molar-refractivity contribution in [1.29, 1.82) is 0 Å². The lowest BCUT2D eigenvalue weighted by Crippen LogP contribution is -2.41. The summed E-state index contributed by atoms with van der Waals surface area (Å²) in [5.41, 5.74) is 2.10. The second kappa shape index (κ2) is 8.89. The predicted octanol–water partition coefficient (Wildman–Crippen LogP) is 3.09. The van der Waals surface area contributed by atoms with Crippen molar-refractivity contribution < 1.29 is 9.53 Å². The average Bonchev–Trinajstić information content (AvgIpc) is 2.67. The van der Waals surface area contributed by atoms with Gasteiger partial charge < -0.3 is 14.2 Å². The number of aryl methyl sites for hydroxylation is 2. The Kier molecular flexibility index (Phi) is 6.32. The topological polar surface area (TPSA) is 51.5 Å². The van der Waals surface area contributed by atoms with E-state index in [0.29, 0.717) is 12.2 Å². The molecule has 3 rings (SSSR count). The summed E-state index contributed by atoms with van der Waals surface area (Å²) in [7, 11) is 1.75. The Morgan fingerprint density at radius 3 is 2.52 bits per heavy atom. The number of rotatable bonds is 6. The number of likely N-dealkylation sites (tertiary alicyclic amines) is 1. The van der Waals surface area contributed by atoms with Gasteiger partial charge in [0, 0.05) is 51.2 Å². The van der Waals surface area contributed by atoms with E-state index in [1.54, 1.807) is 11.6 Å². The molecule has 0 bridgehead atoms. The van der Waals surface area contributed by atoms with Crippen LogP contribution in [-0.4, -0.2) is 34.6 Å². The van der Waals surface area contributed by atoms with Gasteiger partial charge in [-0.15, -0.1) is 0 Å². The first-order valence-electron chi connectivity index (χ1n) is 9.69. The molecule has 0 spiro atoms. The molecular formula is C22H28N2O3. The van der Waals surface area contributed by atoms with Crippen molar-refractivity contribution in [2.75, 3.05) is 13.1 Å². The minimum atomic E-state index is -0.0592. The van der Waals surface area contributed by atoms with Gasteiger partial charge in [-0.25, -0.2) is 0 Å². The van der Waals surface area contributed by atoms with Gasteiger partial charge in [0.15, 0.2) is 0 Å². The monoisotopic (exact) mass is 368 g/mol. The van der Waals surface area contributed by atoms with Gasteiger partial charge in [-0.1, -0.05) is 30.3 Å². The molecule has 0 atom stereocenters. The molecule has 0 saturated carbocycles. The standard InChI is InChI=1S/C22H28N2O3/c1-17-15-20(16-22(26)23(17)2)27-19-11-13-24(14-12-19)21(25)10-6-9-18-7-4-3-5-8-18/h3-5,7-8,15-16,19H,6,9-14H2,1-2H3. The Labute approximate surface area is 160 Å². The van der Waals surface area contributed by atoms with E-state index in [1.165, 1.54) is 11.6 Å². The maximum atomic E-state index is 12.4. The fraction of sp³-hybridized carbons (Fsp3) is 0.455. The minimum Gasteiger partial charge on any atom is -0.490 e. The summed E-state index contributed by atoms with van der Waals surface area (Å²) in [4.78, 5) is 26.2. The molecule has 1 aromatic heterocycles. The van der Waals surface area contributed by atoms with E-state index in [0.717, 1.165) is 44.5 Å². The fourth-order valence-corrected chi connectivity index (χ4v) is 3.47. The van der Waals surface area contributed by atoms with Crippen LogP contribution >= 0.6 is 0 Å². The Balaban J connectivity index is 1.43. The SMILES string of the molecule is Cc1cc(OC2CCN(C(=O)CCCc3ccccc3)CC2)cc(=O)n1C. The first kappa shape index (κ1) is 19.2. The third kappa shape index (κ3) is 5.22. The Bertz CT molecular complexity index is 821. The van der Waals surface area contributed by atoms with Gasteiger partial charge >= 0.3 is 0 Å². The zero-order valence-corrected chi connectivity index (χ0v) is 16.2. The highest BCUT2D eigenvalue weighted by Crippen LogP contribution is 2.19. The zero-order chi connectivity index (χ0) is 19.2. The first-order chi connectivity index (χ1) is 13.0. The summed E-state index contributed by atoms with van der Waals surface area (Å²) < 4.78 is 7.59. The molecular weight excluding hydrogens is 340 g/mol. The quantitative estimate of drug-likeness (QED) is 0.787. The molecule has 0 unspecified atom stereocenters. The van der Waals surface area contributed by atoms with Crippen molar-refractivity contribution in [2.45, 2.75) is 45.1 Å². The molecule has 1 aliphatic heterocycles. The number of benzene rings is 1. The van der Waals surface area contributed by atoms with Crippen LogP contribution in [0.3, 0.4) is 0 Å². The Morgan fingerprint density at radius 1 is 1.15 bits per heavy atom. The van der Waals surface area contributed by atoms with Gasteiger partial charge in [0.25, 0.3) is 5.56 Å². The lowest BCUT2D eigenvalue weighted by atomic mass is 10.1. The number of aromatic nitrogens is 1. The van der Waals surface area contributed by atoms with Crippen molar-refractivity contribution in [3.05, 3.63) is 64.1 Å². The summed E-state index contributed by atoms with van der Waals surface area (Å²) in [5.74, 6) is 0.858. The fourth-order valence-electron chi connectivity index (χ4n) is 3.47. The Hall–Kier alpha value is -2.56. The normalized spacial score (nSPS) is 15.0. The van der Waals surface area contributed by atoms with Crippen LogP contribution in [0.15, 0.2) is 47.3 Å². The number of carbonyl (C=O) groups excluding carboxylic acids is 1. The molecule has 1 aliphatic rings. The summed E-state index contributed by atoms with van der Waals surface area (Å²) in [5, 5.41) is 0. The molecule has 0 radical (unpaired) electrons. The smallest absolute Gasteiger partial charge is 0.254 e. The van der Waals surface area contributed by atoms with Crippen molar-refractivity contribution in [2.24, 2.45) is 7.05 Å². The van der Waals surface area contributed by atoms with Crippen LogP contribution in [0.4, 0.5) is 0 Å². The van der Waals surface area contributed by atoms with Crippen LogP contribution in [0.5, 0.6) is 5.75 Å². The number of amides is 1. The number of piperidine rings is 1. The first-order valence-corrected chi connectivity index (χ1v) is 9.69. The van der Waals surface area contributed by atoms with Crippen molar-refractivity contribution in [1.82, 2.24) is 9.47 Å². The van der Waals surface area contributed by atoms with E-state index >= 15 is 0 Å². The summed E-state index contributed by atoms with van der Waals surface area (Å²) in [6, 6.07) is 13.7. The van der Waals surface area contributed by atoms with Crippen LogP contribution in [0, 0.1) is 6.92 Å². The second-order valence-corrected chi connectivity index (χ2v) is 7.27. The van der Waals surface area contributed by atoms with Crippen LogP contribution in [-0.2, 0) is 18.3 Å². The molecule has 27 heavy (non-hydrogen) atoms. The largest absolute Gasteiger partial charge is 0.490 e.